The summed E-state index contributed by atoms with van der Waals surface area (Å²) in [6, 6.07) is 11.4. The van der Waals surface area contributed by atoms with Gasteiger partial charge in [-0.3, -0.25) is 4.79 Å². The highest BCUT2D eigenvalue weighted by atomic mass is 32.1. The maximum Gasteiger partial charge on any atom is 0.349 e. The first-order valence-corrected chi connectivity index (χ1v) is 9.11. The molecule has 0 saturated heterocycles. The number of fused-ring (bicyclic) bond motifs is 1. The van der Waals surface area contributed by atoms with Crippen molar-refractivity contribution in [1.82, 2.24) is 5.32 Å². The summed E-state index contributed by atoms with van der Waals surface area (Å²) in [6.45, 7) is 3.20. The van der Waals surface area contributed by atoms with Gasteiger partial charge in [-0.15, -0.1) is 11.3 Å². The van der Waals surface area contributed by atoms with E-state index in [-0.39, 0.29) is 16.7 Å². The van der Waals surface area contributed by atoms with E-state index in [4.69, 9.17) is 4.74 Å². The predicted molar refractivity (Wildman–Crippen MR) is 99.6 cm³/mol. The maximum absolute atomic E-state index is 13.8. The molecule has 0 aliphatic rings. The summed E-state index contributed by atoms with van der Waals surface area (Å²) in [5.74, 6) is -1.94. The quantitative estimate of drug-likeness (QED) is 0.649. The monoisotopic (exact) mass is 389 g/mol. The standard InChI is InChI=1S/C20H17F2NO3S/c1-11(13-6-8-14(21)9-7-13)23-19(24)12(2)26-20(25)18-10-15-16(22)4-3-5-17(15)27-18/h3-12H,1-2H3,(H,23,24)/t11-,12+/m1/s1. The van der Waals surface area contributed by atoms with Gasteiger partial charge in [-0.25, -0.2) is 13.6 Å². The summed E-state index contributed by atoms with van der Waals surface area (Å²) in [4.78, 5) is 24.8. The zero-order valence-electron chi connectivity index (χ0n) is 14.7. The molecule has 2 aromatic carbocycles. The SMILES string of the molecule is C[C@H](OC(=O)c1cc2c(F)cccc2s1)C(=O)N[C@H](C)c1ccc(F)cc1. The third-order valence-electron chi connectivity index (χ3n) is 4.09. The molecular weight excluding hydrogens is 372 g/mol. The highest BCUT2D eigenvalue weighted by molar-refractivity contribution is 7.20. The van der Waals surface area contributed by atoms with E-state index in [0.717, 1.165) is 16.9 Å². The van der Waals surface area contributed by atoms with Crippen molar-refractivity contribution in [1.29, 1.82) is 0 Å². The number of thiophene rings is 1. The first kappa shape index (κ1) is 19.0. The Kier molecular flexibility index (Phi) is 5.51. The lowest BCUT2D eigenvalue weighted by atomic mass is 10.1. The van der Waals surface area contributed by atoms with Crippen molar-refractivity contribution >= 4 is 33.3 Å². The van der Waals surface area contributed by atoms with Gasteiger partial charge in [-0.2, -0.15) is 0 Å². The largest absolute Gasteiger partial charge is 0.448 e. The number of hydrogen-bond donors (Lipinski definition) is 1. The minimum Gasteiger partial charge on any atom is -0.448 e. The van der Waals surface area contributed by atoms with Gasteiger partial charge in [0.1, 0.15) is 16.5 Å². The van der Waals surface area contributed by atoms with E-state index in [9.17, 15) is 18.4 Å². The van der Waals surface area contributed by atoms with Crippen molar-refractivity contribution in [2.45, 2.75) is 26.0 Å². The van der Waals surface area contributed by atoms with Crippen LogP contribution in [0, 0.1) is 11.6 Å². The maximum atomic E-state index is 13.8. The lowest BCUT2D eigenvalue weighted by molar-refractivity contribution is -0.129. The molecular formula is C20H17F2NO3S. The molecule has 0 spiro atoms. The number of nitrogens with one attached hydrogen (secondary N) is 1. The van der Waals surface area contributed by atoms with Gasteiger partial charge in [0, 0.05) is 10.1 Å². The fraction of sp³-hybridized carbons (Fsp3) is 0.200. The first-order valence-electron chi connectivity index (χ1n) is 8.30. The zero-order chi connectivity index (χ0) is 19.6. The fourth-order valence-electron chi connectivity index (χ4n) is 2.56. The summed E-state index contributed by atoms with van der Waals surface area (Å²) in [5.41, 5.74) is 0.725. The van der Waals surface area contributed by atoms with Crippen molar-refractivity contribution < 1.29 is 23.1 Å². The molecule has 2 atom stereocenters. The predicted octanol–water partition coefficient (Wildman–Crippen LogP) is 4.60. The van der Waals surface area contributed by atoms with Crippen molar-refractivity contribution in [3.8, 4) is 0 Å². The van der Waals surface area contributed by atoms with Gasteiger partial charge < -0.3 is 10.1 Å². The molecule has 3 rings (SSSR count). The topological polar surface area (TPSA) is 55.4 Å². The molecule has 140 valence electrons. The molecule has 0 radical (unpaired) electrons. The van der Waals surface area contributed by atoms with Crippen LogP contribution in [0.5, 0.6) is 0 Å². The summed E-state index contributed by atoms with van der Waals surface area (Å²) in [7, 11) is 0. The zero-order valence-corrected chi connectivity index (χ0v) is 15.5. The summed E-state index contributed by atoms with van der Waals surface area (Å²) in [5, 5.41) is 3.06. The summed E-state index contributed by atoms with van der Waals surface area (Å²) in [6.07, 6.45) is -1.03. The van der Waals surface area contributed by atoms with Crippen LogP contribution >= 0.6 is 11.3 Å². The van der Waals surface area contributed by atoms with Gasteiger partial charge in [0.05, 0.1) is 6.04 Å². The van der Waals surface area contributed by atoms with Crippen LogP contribution in [0.1, 0.15) is 35.1 Å². The Hall–Kier alpha value is -2.80. The van der Waals surface area contributed by atoms with Gasteiger partial charge >= 0.3 is 5.97 Å². The Balaban J connectivity index is 1.63. The Morgan fingerprint density at radius 1 is 1.07 bits per heavy atom. The smallest absolute Gasteiger partial charge is 0.349 e. The summed E-state index contributed by atoms with van der Waals surface area (Å²) >= 11 is 1.10. The van der Waals surface area contributed by atoms with E-state index in [1.54, 1.807) is 31.2 Å². The van der Waals surface area contributed by atoms with Crippen LogP contribution in [0.25, 0.3) is 10.1 Å². The molecule has 1 heterocycles. The fourth-order valence-corrected chi connectivity index (χ4v) is 3.52. The molecule has 0 saturated carbocycles. The van der Waals surface area contributed by atoms with Crippen molar-refractivity contribution in [3.63, 3.8) is 0 Å². The number of rotatable bonds is 5. The molecule has 1 N–H and O–H groups in total. The van der Waals surface area contributed by atoms with Crippen LogP contribution < -0.4 is 5.32 Å². The molecule has 1 aromatic heterocycles. The molecule has 1 amide bonds. The number of benzene rings is 2. The Bertz CT molecular complexity index is 985. The van der Waals surface area contributed by atoms with Gasteiger partial charge in [-0.1, -0.05) is 18.2 Å². The van der Waals surface area contributed by atoms with E-state index < -0.39 is 23.8 Å². The highest BCUT2D eigenvalue weighted by Crippen LogP contribution is 2.28. The van der Waals surface area contributed by atoms with Crippen LogP contribution in [0.3, 0.4) is 0 Å². The molecule has 4 nitrogen and oxygen atoms in total. The second-order valence-electron chi connectivity index (χ2n) is 6.09. The molecule has 3 aromatic rings. The van der Waals surface area contributed by atoms with Gasteiger partial charge in [0.15, 0.2) is 6.10 Å². The lowest BCUT2D eigenvalue weighted by Gasteiger charge is -2.18. The van der Waals surface area contributed by atoms with Gasteiger partial charge in [0.25, 0.3) is 5.91 Å². The number of ether oxygens (including phenoxy) is 1. The van der Waals surface area contributed by atoms with Gasteiger partial charge in [0.2, 0.25) is 0 Å². The third kappa shape index (κ3) is 4.31. The normalized spacial score (nSPS) is 13.2. The van der Waals surface area contributed by atoms with E-state index in [0.29, 0.717) is 10.1 Å². The highest BCUT2D eigenvalue weighted by Gasteiger charge is 2.22. The molecule has 27 heavy (non-hydrogen) atoms. The second kappa shape index (κ2) is 7.84. The lowest BCUT2D eigenvalue weighted by Crippen LogP contribution is -2.37. The molecule has 0 fully saturated rings. The van der Waals surface area contributed by atoms with Crippen LogP contribution in [-0.4, -0.2) is 18.0 Å². The average Bonchev–Trinajstić information content (AvgIpc) is 3.08. The van der Waals surface area contributed by atoms with E-state index >= 15 is 0 Å². The number of hydrogen-bond acceptors (Lipinski definition) is 4. The third-order valence-corrected chi connectivity index (χ3v) is 5.17. The van der Waals surface area contributed by atoms with Crippen LogP contribution in [0.15, 0.2) is 48.5 Å². The van der Waals surface area contributed by atoms with Crippen LogP contribution in [-0.2, 0) is 9.53 Å². The van der Waals surface area contributed by atoms with Crippen LogP contribution in [0.4, 0.5) is 8.78 Å². The molecule has 0 aliphatic carbocycles. The number of halogens is 2. The van der Waals surface area contributed by atoms with E-state index in [1.807, 2.05) is 0 Å². The van der Waals surface area contributed by atoms with Gasteiger partial charge in [-0.05, 0) is 49.7 Å². The molecule has 7 heteroatoms. The molecule has 0 aliphatic heterocycles. The Labute approximate surface area is 158 Å². The number of carbonyl (C=O) groups excluding carboxylic acids is 2. The number of amides is 1. The minimum atomic E-state index is -1.03. The Morgan fingerprint density at radius 3 is 2.44 bits per heavy atom. The number of esters is 1. The first-order chi connectivity index (χ1) is 12.8. The van der Waals surface area contributed by atoms with E-state index in [1.165, 1.54) is 31.2 Å². The molecule has 0 bridgehead atoms. The van der Waals surface area contributed by atoms with Crippen molar-refractivity contribution in [2.24, 2.45) is 0 Å². The van der Waals surface area contributed by atoms with Crippen molar-refractivity contribution in [3.05, 3.63) is 70.6 Å². The second-order valence-corrected chi connectivity index (χ2v) is 7.18. The van der Waals surface area contributed by atoms with Crippen LogP contribution in [0.2, 0.25) is 0 Å². The number of carbonyl (C=O) groups is 2. The minimum absolute atomic E-state index is 0.223. The van der Waals surface area contributed by atoms with Crippen molar-refractivity contribution in [2.75, 3.05) is 0 Å². The Morgan fingerprint density at radius 2 is 1.78 bits per heavy atom. The van der Waals surface area contributed by atoms with E-state index in [2.05, 4.69) is 5.32 Å². The molecule has 0 unspecified atom stereocenters. The summed E-state index contributed by atoms with van der Waals surface area (Å²) < 4.78 is 32.6. The average molecular weight is 389 g/mol.